The lowest BCUT2D eigenvalue weighted by Gasteiger charge is -2.20. The Morgan fingerprint density at radius 1 is 1.28 bits per heavy atom. The van der Waals surface area contributed by atoms with Gasteiger partial charge in [-0.1, -0.05) is 6.07 Å². The van der Waals surface area contributed by atoms with E-state index in [1.54, 1.807) is 4.68 Å². The molecule has 1 atom stereocenters. The Morgan fingerprint density at radius 2 is 2.24 bits per heavy atom. The minimum absolute atomic E-state index is 0.0934. The summed E-state index contributed by atoms with van der Waals surface area (Å²) in [6.07, 6.45) is 6.07. The van der Waals surface area contributed by atoms with E-state index in [1.807, 2.05) is 41.1 Å². The van der Waals surface area contributed by atoms with Crippen LogP contribution < -0.4 is 10.6 Å². The Labute approximate surface area is 145 Å². The van der Waals surface area contributed by atoms with Crippen molar-refractivity contribution in [2.45, 2.75) is 31.8 Å². The molecule has 4 heterocycles. The van der Waals surface area contributed by atoms with Crippen molar-refractivity contribution in [3.05, 3.63) is 48.2 Å². The molecule has 3 aromatic rings. The van der Waals surface area contributed by atoms with Gasteiger partial charge >= 0.3 is 0 Å². The molecule has 1 amide bonds. The zero-order valence-electron chi connectivity index (χ0n) is 13.9. The molecule has 4 rings (SSSR count). The van der Waals surface area contributed by atoms with Crippen molar-refractivity contribution in [1.82, 2.24) is 35.0 Å². The molecule has 0 saturated carbocycles. The Bertz CT molecular complexity index is 863. The Hall–Kier alpha value is -2.74. The van der Waals surface area contributed by atoms with Gasteiger partial charge in [-0.05, 0) is 37.6 Å². The van der Waals surface area contributed by atoms with Crippen LogP contribution in [-0.4, -0.2) is 43.4 Å². The van der Waals surface area contributed by atoms with E-state index in [2.05, 4.69) is 25.9 Å². The molecule has 1 aliphatic heterocycles. The molecule has 1 fully saturated rings. The molecule has 1 saturated heterocycles. The van der Waals surface area contributed by atoms with Crippen molar-refractivity contribution in [2.75, 3.05) is 13.1 Å². The molecule has 0 unspecified atom stereocenters. The van der Waals surface area contributed by atoms with Crippen LogP contribution in [0.25, 0.3) is 5.65 Å². The molecule has 25 heavy (non-hydrogen) atoms. The SMILES string of the molecule is O=C(Cn1ccc([C@@H]2CCCNC2)n1)NCc1nnc2ccccn12. The average molecular weight is 339 g/mol. The minimum Gasteiger partial charge on any atom is -0.347 e. The molecular weight excluding hydrogens is 318 g/mol. The molecule has 1 aliphatic rings. The molecule has 0 aromatic carbocycles. The first-order chi connectivity index (χ1) is 12.3. The first-order valence-corrected chi connectivity index (χ1v) is 8.59. The third-order valence-corrected chi connectivity index (χ3v) is 4.51. The Balaban J connectivity index is 1.34. The van der Waals surface area contributed by atoms with Gasteiger partial charge in [0.05, 0.1) is 12.2 Å². The van der Waals surface area contributed by atoms with Crippen LogP contribution in [0.15, 0.2) is 36.7 Å². The second kappa shape index (κ2) is 7.02. The highest BCUT2D eigenvalue weighted by Crippen LogP contribution is 2.21. The van der Waals surface area contributed by atoms with Crippen molar-refractivity contribution in [3.63, 3.8) is 0 Å². The van der Waals surface area contributed by atoms with Gasteiger partial charge in [0.2, 0.25) is 5.91 Å². The summed E-state index contributed by atoms with van der Waals surface area (Å²) in [5.74, 6) is 1.06. The highest BCUT2D eigenvalue weighted by atomic mass is 16.2. The van der Waals surface area contributed by atoms with Crippen molar-refractivity contribution in [2.24, 2.45) is 0 Å². The number of aromatic nitrogens is 5. The number of nitrogens with one attached hydrogen (secondary N) is 2. The number of fused-ring (bicyclic) bond motifs is 1. The molecular formula is C17H21N7O. The Morgan fingerprint density at radius 3 is 3.12 bits per heavy atom. The van der Waals surface area contributed by atoms with Gasteiger partial charge in [0.15, 0.2) is 11.5 Å². The molecule has 0 bridgehead atoms. The number of pyridine rings is 1. The van der Waals surface area contributed by atoms with Gasteiger partial charge in [0, 0.05) is 24.9 Å². The lowest BCUT2D eigenvalue weighted by molar-refractivity contribution is -0.122. The largest absolute Gasteiger partial charge is 0.347 e. The minimum atomic E-state index is -0.0934. The lowest BCUT2D eigenvalue weighted by atomic mass is 9.97. The van der Waals surface area contributed by atoms with Crippen molar-refractivity contribution < 1.29 is 4.79 Å². The summed E-state index contributed by atoms with van der Waals surface area (Å²) in [7, 11) is 0. The van der Waals surface area contributed by atoms with Gasteiger partial charge in [-0.25, -0.2) is 0 Å². The summed E-state index contributed by atoms with van der Waals surface area (Å²) in [6.45, 7) is 2.58. The zero-order chi connectivity index (χ0) is 17.1. The van der Waals surface area contributed by atoms with Gasteiger partial charge in [0.25, 0.3) is 0 Å². The van der Waals surface area contributed by atoms with Crippen LogP contribution in [0.3, 0.4) is 0 Å². The fraction of sp³-hybridized carbons (Fsp3) is 0.412. The summed E-state index contributed by atoms with van der Waals surface area (Å²) < 4.78 is 3.56. The molecule has 0 spiro atoms. The van der Waals surface area contributed by atoms with Gasteiger partial charge in [-0.15, -0.1) is 10.2 Å². The van der Waals surface area contributed by atoms with Gasteiger partial charge in [-0.3, -0.25) is 13.9 Å². The maximum absolute atomic E-state index is 12.2. The summed E-state index contributed by atoms with van der Waals surface area (Å²) in [5, 5.41) is 19.0. The van der Waals surface area contributed by atoms with E-state index in [4.69, 9.17) is 0 Å². The van der Waals surface area contributed by atoms with E-state index in [9.17, 15) is 4.79 Å². The summed E-state index contributed by atoms with van der Waals surface area (Å²) >= 11 is 0. The number of rotatable bonds is 5. The van der Waals surface area contributed by atoms with Crippen LogP contribution in [0.5, 0.6) is 0 Å². The highest BCUT2D eigenvalue weighted by molar-refractivity contribution is 5.75. The van der Waals surface area contributed by atoms with Crippen molar-refractivity contribution in [1.29, 1.82) is 0 Å². The predicted molar refractivity (Wildman–Crippen MR) is 91.9 cm³/mol. The van der Waals surface area contributed by atoms with Crippen LogP contribution in [0, 0.1) is 0 Å². The fourth-order valence-corrected chi connectivity index (χ4v) is 3.18. The average Bonchev–Trinajstić information content (AvgIpc) is 3.28. The monoisotopic (exact) mass is 339 g/mol. The molecule has 0 radical (unpaired) electrons. The van der Waals surface area contributed by atoms with Crippen LogP contribution in [0.4, 0.5) is 0 Å². The molecule has 8 nitrogen and oxygen atoms in total. The van der Waals surface area contributed by atoms with E-state index in [0.29, 0.717) is 18.3 Å². The second-order valence-electron chi connectivity index (χ2n) is 6.30. The number of hydrogen-bond acceptors (Lipinski definition) is 5. The highest BCUT2D eigenvalue weighted by Gasteiger charge is 2.18. The number of piperidine rings is 1. The molecule has 8 heteroatoms. The first kappa shape index (κ1) is 15.8. The lowest BCUT2D eigenvalue weighted by Crippen LogP contribution is -2.29. The molecule has 0 aliphatic carbocycles. The van der Waals surface area contributed by atoms with Gasteiger partial charge in [0.1, 0.15) is 6.54 Å². The summed E-state index contributed by atoms with van der Waals surface area (Å²) in [5.41, 5.74) is 1.83. The van der Waals surface area contributed by atoms with E-state index in [-0.39, 0.29) is 12.5 Å². The third kappa shape index (κ3) is 3.53. The topological polar surface area (TPSA) is 89.1 Å². The Kier molecular flexibility index (Phi) is 4.43. The van der Waals surface area contributed by atoms with E-state index < -0.39 is 0 Å². The van der Waals surface area contributed by atoms with Gasteiger partial charge in [-0.2, -0.15) is 5.10 Å². The molecule has 2 N–H and O–H groups in total. The number of amides is 1. The van der Waals surface area contributed by atoms with E-state index in [1.165, 1.54) is 6.42 Å². The van der Waals surface area contributed by atoms with Crippen LogP contribution in [-0.2, 0) is 17.9 Å². The van der Waals surface area contributed by atoms with Gasteiger partial charge < -0.3 is 10.6 Å². The smallest absolute Gasteiger partial charge is 0.242 e. The number of carbonyl (C=O) groups is 1. The first-order valence-electron chi connectivity index (χ1n) is 8.59. The van der Waals surface area contributed by atoms with Crippen LogP contribution in [0.1, 0.15) is 30.3 Å². The molecule has 130 valence electrons. The number of hydrogen-bond donors (Lipinski definition) is 2. The summed E-state index contributed by atoms with van der Waals surface area (Å²) in [4.78, 5) is 12.2. The fourth-order valence-electron chi connectivity index (χ4n) is 3.18. The van der Waals surface area contributed by atoms with Crippen molar-refractivity contribution in [3.8, 4) is 0 Å². The maximum Gasteiger partial charge on any atom is 0.242 e. The quantitative estimate of drug-likeness (QED) is 0.715. The van der Waals surface area contributed by atoms with Crippen LogP contribution >= 0.6 is 0 Å². The number of nitrogens with zero attached hydrogens (tertiary/aromatic N) is 5. The summed E-state index contributed by atoms with van der Waals surface area (Å²) in [6, 6.07) is 7.71. The number of carbonyl (C=O) groups excluding carboxylic acids is 1. The standard InChI is InChI=1S/C17H21N7O/c25-17(19-11-16-21-20-15-5-1-2-8-24(15)16)12-23-9-6-14(22-23)13-4-3-7-18-10-13/h1-2,5-6,8-9,13,18H,3-4,7,10-12H2,(H,19,25)/t13-/m1/s1. The third-order valence-electron chi connectivity index (χ3n) is 4.51. The zero-order valence-corrected chi connectivity index (χ0v) is 13.9. The molecule has 3 aromatic heterocycles. The maximum atomic E-state index is 12.2. The van der Waals surface area contributed by atoms with E-state index in [0.717, 1.165) is 30.9 Å². The van der Waals surface area contributed by atoms with Crippen LogP contribution in [0.2, 0.25) is 0 Å². The normalized spacial score (nSPS) is 17.7. The van der Waals surface area contributed by atoms with Crippen molar-refractivity contribution >= 4 is 11.6 Å². The second-order valence-corrected chi connectivity index (χ2v) is 6.30. The van der Waals surface area contributed by atoms with E-state index >= 15 is 0 Å². The predicted octanol–water partition coefficient (Wildman–Crippen LogP) is 0.709.